The predicted octanol–water partition coefficient (Wildman–Crippen LogP) is 4.39. The molecule has 0 spiro atoms. The quantitative estimate of drug-likeness (QED) is 0.664. The molecular formula is C13H7Cl2NO5. The summed E-state index contributed by atoms with van der Waals surface area (Å²) < 4.78 is 5.37. The number of ether oxygens (including phenoxy) is 1. The highest BCUT2D eigenvalue weighted by molar-refractivity contribution is 6.33. The van der Waals surface area contributed by atoms with Gasteiger partial charge in [-0.05, 0) is 30.3 Å². The standard InChI is InChI=1S/C13H7Cl2NO5/c14-8-2-1-3-11(12(8)16(19)20)21-10-5-4-7(13(17)18)6-9(10)15/h1-6H,(H,17,18). The van der Waals surface area contributed by atoms with Crippen molar-refractivity contribution in [3.63, 3.8) is 0 Å². The fourth-order valence-electron chi connectivity index (χ4n) is 1.59. The summed E-state index contributed by atoms with van der Waals surface area (Å²) in [7, 11) is 0. The number of hydrogen-bond donors (Lipinski definition) is 1. The lowest BCUT2D eigenvalue weighted by Gasteiger charge is -2.09. The largest absolute Gasteiger partial charge is 0.478 e. The molecule has 0 amide bonds. The van der Waals surface area contributed by atoms with Gasteiger partial charge in [-0.2, -0.15) is 0 Å². The first-order chi connectivity index (χ1) is 9.90. The van der Waals surface area contributed by atoms with Gasteiger partial charge in [0.05, 0.1) is 15.5 Å². The van der Waals surface area contributed by atoms with Crippen molar-refractivity contribution in [2.75, 3.05) is 0 Å². The van der Waals surface area contributed by atoms with Crippen molar-refractivity contribution in [2.45, 2.75) is 0 Å². The van der Waals surface area contributed by atoms with E-state index in [2.05, 4.69) is 0 Å². The van der Waals surface area contributed by atoms with E-state index in [0.29, 0.717) is 0 Å². The average molecular weight is 328 g/mol. The molecule has 2 aromatic rings. The maximum atomic E-state index is 11.0. The van der Waals surface area contributed by atoms with Gasteiger partial charge in [0, 0.05) is 0 Å². The monoisotopic (exact) mass is 327 g/mol. The Morgan fingerprint density at radius 1 is 1.14 bits per heavy atom. The molecule has 108 valence electrons. The molecule has 0 aliphatic rings. The molecule has 0 radical (unpaired) electrons. The Morgan fingerprint density at radius 3 is 2.43 bits per heavy atom. The third kappa shape index (κ3) is 3.24. The van der Waals surface area contributed by atoms with Gasteiger partial charge in [-0.15, -0.1) is 0 Å². The summed E-state index contributed by atoms with van der Waals surface area (Å²) in [4.78, 5) is 21.1. The van der Waals surface area contributed by atoms with Crippen molar-refractivity contribution in [1.29, 1.82) is 0 Å². The Labute approximate surface area is 128 Å². The lowest BCUT2D eigenvalue weighted by Crippen LogP contribution is -1.97. The number of rotatable bonds is 4. The maximum absolute atomic E-state index is 11.0. The zero-order chi connectivity index (χ0) is 15.6. The molecule has 0 aliphatic heterocycles. The average Bonchev–Trinajstić information content (AvgIpc) is 2.40. The van der Waals surface area contributed by atoms with E-state index in [4.69, 9.17) is 33.0 Å². The summed E-state index contributed by atoms with van der Waals surface area (Å²) in [6, 6.07) is 8.00. The lowest BCUT2D eigenvalue weighted by atomic mass is 10.2. The molecule has 8 heteroatoms. The van der Waals surface area contributed by atoms with Crippen molar-refractivity contribution in [2.24, 2.45) is 0 Å². The topological polar surface area (TPSA) is 89.7 Å². The van der Waals surface area contributed by atoms with E-state index in [1.807, 2.05) is 0 Å². The number of nitro groups is 1. The minimum Gasteiger partial charge on any atom is -0.478 e. The van der Waals surface area contributed by atoms with Gasteiger partial charge in [-0.1, -0.05) is 29.3 Å². The van der Waals surface area contributed by atoms with Crippen LogP contribution in [0.2, 0.25) is 10.0 Å². The number of benzene rings is 2. The molecule has 0 bridgehead atoms. The number of aromatic carboxylic acids is 1. The van der Waals surface area contributed by atoms with Crippen LogP contribution in [0.1, 0.15) is 10.4 Å². The Morgan fingerprint density at radius 2 is 1.86 bits per heavy atom. The van der Waals surface area contributed by atoms with Gasteiger partial charge in [0.2, 0.25) is 5.75 Å². The van der Waals surface area contributed by atoms with Crippen LogP contribution in [0, 0.1) is 10.1 Å². The van der Waals surface area contributed by atoms with Crippen molar-refractivity contribution in [1.82, 2.24) is 0 Å². The van der Waals surface area contributed by atoms with E-state index < -0.39 is 16.6 Å². The molecule has 21 heavy (non-hydrogen) atoms. The van der Waals surface area contributed by atoms with E-state index in [-0.39, 0.29) is 27.1 Å². The van der Waals surface area contributed by atoms with Crippen LogP contribution < -0.4 is 4.74 Å². The molecule has 0 aromatic heterocycles. The minimum atomic E-state index is -1.14. The van der Waals surface area contributed by atoms with Crippen LogP contribution in [0.25, 0.3) is 0 Å². The summed E-state index contributed by atoms with van der Waals surface area (Å²) in [5.41, 5.74) is -0.412. The van der Waals surface area contributed by atoms with Crippen LogP contribution in [0.4, 0.5) is 5.69 Å². The van der Waals surface area contributed by atoms with Gasteiger partial charge < -0.3 is 9.84 Å². The van der Waals surface area contributed by atoms with E-state index in [0.717, 1.165) is 0 Å². The van der Waals surface area contributed by atoms with Crippen molar-refractivity contribution in [3.05, 3.63) is 62.1 Å². The van der Waals surface area contributed by atoms with E-state index in [1.54, 1.807) is 0 Å². The number of carboxylic acid groups (broad SMARTS) is 1. The first kappa shape index (κ1) is 15.1. The van der Waals surface area contributed by atoms with Crippen LogP contribution in [0.5, 0.6) is 11.5 Å². The number of nitro benzene ring substituents is 1. The SMILES string of the molecule is O=C(O)c1ccc(Oc2cccc(Cl)c2[N+](=O)[O-])c(Cl)c1. The highest BCUT2D eigenvalue weighted by Crippen LogP contribution is 2.39. The van der Waals surface area contributed by atoms with Crippen LogP contribution in [0.15, 0.2) is 36.4 Å². The summed E-state index contributed by atoms with van der Waals surface area (Å²) in [6.45, 7) is 0. The zero-order valence-corrected chi connectivity index (χ0v) is 11.8. The predicted molar refractivity (Wildman–Crippen MR) is 76.6 cm³/mol. The number of para-hydroxylation sites is 1. The normalized spacial score (nSPS) is 10.2. The number of halogens is 2. The van der Waals surface area contributed by atoms with Gasteiger partial charge >= 0.3 is 11.7 Å². The smallest absolute Gasteiger partial charge is 0.335 e. The Bertz CT molecular complexity index is 732. The van der Waals surface area contributed by atoms with Crippen LogP contribution in [0.3, 0.4) is 0 Å². The molecule has 0 saturated heterocycles. The molecule has 2 rings (SSSR count). The molecule has 0 fully saturated rings. The summed E-state index contributed by atoms with van der Waals surface area (Å²) in [5, 5.41) is 19.8. The van der Waals surface area contributed by atoms with Gasteiger partial charge in [-0.3, -0.25) is 10.1 Å². The van der Waals surface area contributed by atoms with Crippen LogP contribution >= 0.6 is 23.2 Å². The third-order valence-electron chi connectivity index (χ3n) is 2.53. The van der Waals surface area contributed by atoms with E-state index in [9.17, 15) is 14.9 Å². The molecule has 0 heterocycles. The number of carbonyl (C=O) groups is 1. The first-order valence-corrected chi connectivity index (χ1v) is 6.29. The highest BCUT2D eigenvalue weighted by atomic mass is 35.5. The number of nitrogens with zero attached hydrogens (tertiary/aromatic N) is 1. The van der Waals surface area contributed by atoms with Gasteiger partial charge in [-0.25, -0.2) is 4.79 Å². The van der Waals surface area contributed by atoms with Crippen molar-refractivity contribution < 1.29 is 19.6 Å². The van der Waals surface area contributed by atoms with E-state index >= 15 is 0 Å². The Balaban J connectivity index is 2.42. The Hall–Kier alpha value is -2.31. The molecule has 1 N–H and O–H groups in total. The molecule has 0 saturated carbocycles. The van der Waals surface area contributed by atoms with Crippen LogP contribution in [-0.2, 0) is 0 Å². The second-order valence-electron chi connectivity index (χ2n) is 3.90. The van der Waals surface area contributed by atoms with Gasteiger partial charge in [0.25, 0.3) is 0 Å². The second-order valence-corrected chi connectivity index (χ2v) is 4.71. The Kier molecular flexibility index (Phi) is 4.30. The molecule has 0 unspecified atom stereocenters. The van der Waals surface area contributed by atoms with Crippen LogP contribution in [-0.4, -0.2) is 16.0 Å². The van der Waals surface area contributed by atoms with Crippen molar-refractivity contribution >= 4 is 34.9 Å². The molecule has 2 aromatic carbocycles. The summed E-state index contributed by atoms with van der Waals surface area (Å²) in [5.74, 6) is -1.14. The van der Waals surface area contributed by atoms with Crippen molar-refractivity contribution in [3.8, 4) is 11.5 Å². The number of hydrogen-bond acceptors (Lipinski definition) is 4. The summed E-state index contributed by atoms with van der Waals surface area (Å²) >= 11 is 11.7. The minimum absolute atomic E-state index is 0.0178. The third-order valence-corrected chi connectivity index (χ3v) is 3.13. The zero-order valence-electron chi connectivity index (χ0n) is 10.2. The molecular weight excluding hydrogens is 321 g/mol. The van der Waals surface area contributed by atoms with Gasteiger partial charge in [0.15, 0.2) is 0 Å². The van der Waals surface area contributed by atoms with Gasteiger partial charge in [0.1, 0.15) is 10.8 Å². The molecule has 6 nitrogen and oxygen atoms in total. The highest BCUT2D eigenvalue weighted by Gasteiger charge is 2.21. The first-order valence-electron chi connectivity index (χ1n) is 5.53. The molecule has 0 aliphatic carbocycles. The van der Waals surface area contributed by atoms with E-state index in [1.165, 1.54) is 36.4 Å². The fraction of sp³-hybridized carbons (Fsp3) is 0. The fourth-order valence-corrected chi connectivity index (χ4v) is 2.04. The maximum Gasteiger partial charge on any atom is 0.335 e. The summed E-state index contributed by atoms with van der Waals surface area (Å²) in [6.07, 6.45) is 0. The second kappa shape index (κ2) is 5.99. The number of carboxylic acids is 1. The molecule has 0 atom stereocenters. The lowest BCUT2D eigenvalue weighted by molar-refractivity contribution is -0.385.